The number of carbonyl (C=O) groups is 2. The molecule has 0 aromatic rings. The maximum Gasteiger partial charge on any atom is 0.326 e. The Morgan fingerprint density at radius 1 is 1.54 bits per heavy atom. The molecule has 0 spiro atoms. The smallest absolute Gasteiger partial charge is 0.324 e. The van der Waals surface area contributed by atoms with E-state index in [-0.39, 0.29) is 6.54 Å². The van der Waals surface area contributed by atoms with Crippen molar-refractivity contribution in [1.82, 2.24) is 9.80 Å². The van der Waals surface area contributed by atoms with Crippen molar-refractivity contribution in [3.05, 3.63) is 0 Å². The summed E-state index contributed by atoms with van der Waals surface area (Å²) in [5, 5.41) is 8.68. The van der Waals surface area contributed by atoms with E-state index >= 15 is 0 Å². The fourth-order valence-electron chi connectivity index (χ4n) is 1.15. The standard InChI is InChI=1S/C7H8ClN3O2/c1-10-4-7(8,3-9)5(12)11(2)6(10)13/h4H2,1-2H3. The van der Waals surface area contributed by atoms with Gasteiger partial charge in [0.05, 0.1) is 12.6 Å². The first kappa shape index (κ1) is 9.81. The van der Waals surface area contributed by atoms with Gasteiger partial charge < -0.3 is 4.90 Å². The molecule has 0 aromatic carbocycles. The summed E-state index contributed by atoms with van der Waals surface area (Å²) in [6.07, 6.45) is 0. The van der Waals surface area contributed by atoms with E-state index in [1.165, 1.54) is 19.0 Å². The molecular weight excluding hydrogens is 194 g/mol. The number of amides is 3. The molecule has 1 heterocycles. The third-order valence-electron chi connectivity index (χ3n) is 1.89. The van der Waals surface area contributed by atoms with E-state index in [9.17, 15) is 9.59 Å². The predicted molar refractivity (Wildman–Crippen MR) is 45.0 cm³/mol. The van der Waals surface area contributed by atoms with Gasteiger partial charge in [-0.25, -0.2) is 4.79 Å². The van der Waals surface area contributed by atoms with Crippen LogP contribution in [0.15, 0.2) is 0 Å². The van der Waals surface area contributed by atoms with Crippen molar-refractivity contribution in [2.75, 3.05) is 20.6 Å². The number of nitrogens with zero attached hydrogens (tertiary/aromatic N) is 3. The number of alkyl halides is 1. The van der Waals surface area contributed by atoms with Crippen LogP contribution in [0.5, 0.6) is 0 Å². The van der Waals surface area contributed by atoms with E-state index < -0.39 is 16.8 Å². The lowest BCUT2D eigenvalue weighted by atomic mass is 10.1. The van der Waals surface area contributed by atoms with Crippen molar-refractivity contribution in [2.24, 2.45) is 0 Å². The zero-order chi connectivity index (χ0) is 10.2. The van der Waals surface area contributed by atoms with Gasteiger partial charge in [0.1, 0.15) is 0 Å². The van der Waals surface area contributed by atoms with Crippen LogP contribution in [0.2, 0.25) is 0 Å². The summed E-state index contributed by atoms with van der Waals surface area (Å²) in [5.41, 5.74) is 0. The van der Waals surface area contributed by atoms with Crippen LogP contribution in [-0.4, -0.2) is 47.3 Å². The number of carbonyl (C=O) groups excluding carboxylic acids is 2. The van der Waals surface area contributed by atoms with Crippen LogP contribution in [0.4, 0.5) is 4.79 Å². The number of halogens is 1. The molecule has 1 aliphatic rings. The Kier molecular flexibility index (Phi) is 2.18. The number of nitriles is 1. The molecule has 1 rings (SSSR count). The van der Waals surface area contributed by atoms with Gasteiger partial charge >= 0.3 is 6.03 Å². The second kappa shape index (κ2) is 2.89. The molecule has 0 aliphatic carbocycles. The first-order valence-electron chi connectivity index (χ1n) is 3.56. The molecule has 0 N–H and O–H groups in total. The second-order valence-corrected chi connectivity index (χ2v) is 3.56. The summed E-state index contributed by atoms with van der Waals surface area (Å²) < 4.78 is 0. The molecule has 0 radical (unpaired) electrons. The average molecular weight is 202 g/mol. The molecule has 6 heteroatoms. The lowest BCUT2D eigenvalue weighted by Crippen LogP contribution is -2.60. The molecule has 1 saturated heterocycles. The van der Waals surface area contributed by atoms with E-state index in [0.717, 1.165) is 4.90 Å². The molecule has 1 aliphatic heterocycles. The highest BCUT2D eigenvalue weighted by Gasteiger charge is 2.47. The first-order chi connectivity index (χ1) is 5.92. The summed E-state index contributed by atoms with van der Waals surface area (Å²) in [5.74, 6) is -0.667. The molecule has 0 bridgehead atoms. The molecule has 1 fully saturated rings. The third kappa shape index (κ3) is 1.33. The number of hydrogen-bond acceptors (Lipinski definition) is 3. The molecule has 1 unspecified atom stereocenters. The number of hydrogen-bond donors (Lipinski definition) is 0. The fraction of sp³-hybridized carbons (Fsp3) is 0.571. The van der Waals surface area contributed by atoms with Crippen molar-refractivity contribution < 1.29 is 9.59 Å². The van der Waals surface area contributed by atoms with Crippen molar-refractivity contribution >= 4 is 23.5 Å². The van der Waals surface area contributed by atoms with Gasteiger partial charge in [0, 0.05) is 14.1 Å². The highest BCUT2D eigenvalue weighted by molar-refractivity contribution is 6.39. The minimum atomic E-state index is -1.63. The Labute approximate surface area is 80.5 Å². The van der Waals surface area contributed by atoms with Crippen molar-refractivity contribution in [1.29, 1.82) is 5.26 Å². The first-order valence-corrected chi connectivity index (χ1v) is 3.93. The lowest BCUT2D eigenvalue weighted by Gasteiger charge is -2.35. The van der Waals surface area contributed by atoms with Crippen molar-refractivity contribution in [3.8, 4) is 6.07 Å². The normalized spacial score (nSPS) is 29.1. The van der Waals surface area contributed by atoms with E-state index in [0.29, 0.717) is 0 Å². The van der Waals surface area contributed by atoms with Gasteiger partial charge in [-0.2, -0.15) is 5.26 Å². The number of rotatable bonds is 0. The minimum Gasteiger partial charge on any atom is -0.324 e. The maximum absolute atomic E-state index is 11.4. The quantitative estimate of drug-likeness (QED) is 0.519. The SMILES string of the molecule is CN1CC(Cl)(C#N)C(=O)N(C)C1=O. The Balaban J connectivity index is 3.04. The molecular formula is C7H8ClN3O2. The van der Waals surface area contributed by atoms with E-state index in [1.807, 2.05) is 0 Å². The molecule has 5 nitrogen and oxygen atoms in total. The van der Waals surface area contributed by atoms with Crippen LogP contribution < -0.4 is 0 Å². The van der Waals surface area contributed by atoms with E-state index in [2.05, 4.69) is 0 Å². The molecule has 0 aromatic heterocycles. The van der Waals surface area contributed by atoms with Gasteiger partial charge in [0.2, 0.25) is 4.87 Å². The fourth-order valence-corrected chi connectivity index (χ4v) is 1.46. The van der Waals surface area contributed by atoms with Crippen molar-refractivity contribution in [3.63, 3.8) is 0 Å². The summed E-state index contributed by atoms with van der Waals surface area (Å²) in [7, 11) is 2.79. The van der Waals surface area contributed by atoms with E-state index in [4.69, 9.17) is 16.9 Å². The summed E-state index contributed by atoms with van der Waals surface area (Å²) in [6.45, 7) is -0.0763. The van der Waals surface area contributed by atoms with Gasteiger partial charge in [-0.15, -0.1) is 0 Å². The van der Waals surface area contributed by atoms with E-state index in [1.54, 1.807) is 6.07 Å². The van der Waals surface area contributed by atoms with Crippen LogP contribution in [0.25, 0.3) is 0 Å². The third-order valence-corrected chi connectivity index (χ3v) is 2.26. The van der Waals surface area contributed by atoms with Crippen LogP contribution >= 0.6 is 11.6 Å². The average Bonchev–Trinajstić information content (AvgIpc) is 2.12. The Morgan fingerprint density at radius 3 is 2.54 bits per heavy atom. The predicted octanol–water partition coefficient (Wildman–Crippen LogP) is 0.0114. The monoisotopic (exact) mass is 201 g/mol. The van der Waals surface area contributed by atoms with Crippen molar-refractivity contribution in [2.45, 2.75) is 4.87 Å². The van der Waals surface area contributed by atoms with Gasteiger partial charge in [0.15, 0.2) is 0 Å². The molecule has 3 amide bonds. The highest BCUT2D eigenvalue weighted by Crippen LogP contribution is 2.23. The van der Waals surface area contributed by atoms with Gasteiger partial charge in [-0.3, -0.25) is 9.69 Å². The van der Waals surface area contributed by atoms with Crippen LogP contribution in [-0.2, 0) is 4.79 Å². The lowest BCUT2D eigenvalue weighted by molar-refractivity contribution is -0.131. The van der Waals surface area contributed by atoms with Crippen LogP contribution in [0.1, 0.15) is 0 Å². The largest absolute Gasteiger partial charge is 0.326 e. The number of urea groups is 1. The minimum absolute atomic E-state index is 0.0763. The van der Waals surface area contributed by atoms with Crippen LogP contribution in [0, 0.1) is 11.3 Å². The molecule has 13 heavy (non-hydrogen) atoms. The van der Waals surface area contributed by atoms with Gasteiger partial charge in [0.25, 0.3) is 5.91 Å². The maximum atomic E-state index is 11.4. The summed E-state index contributed by atoms with van der Waals surface area (Å²) in [4.78, 5) is 23.0. The Morgan fingerprint density at radius 2 is 2.08 bits per heavy atom. The second-order valence-electron chi connectivity index (χ2n) is 2.92. The molecule has 70 valence electrons. The Bertz CT molecular complexity index is 311. The zero-order valence-electron chi connectivity index (χ0n) is 7.24. The number of imide groups is 1. The Hall–Kier alpha value is -1.28. The molecule has 0 saturated carbocycles. The summed E-state index contributed by atoms with van der Waals surface area (Å²) in [6, 6.07) is 1.24. The zero-order valence-corrected chi connectivity index (χ0v) is 8.00. The van der Waals surface area contributed by atoms with Gasteiger partial charge in [-0.1, -0.05) is 11.6 Å². The molecule has 1 atom stereocenters. The van der Waals surface area contributed by atoms with Gasteiger partial charge in [-0.05, 0) is 0 Å². The topological polar surface area (TPSA) is 64.4 Å². The summed E-state index contributed by atoms with van der Waals surface area (Å²) >= 11 is 5.72. The highest BCUT2D eigenvalue weighted by atomic mass is 35.5. The van der Waals surface area contributed by atoms with Crippen LogP contribution in [0.3, 0.4) is 0 Å².